The molecule has 0 fully saturated rings. The fraction of sp³-hybridized carbons (Fsp3) is 0.125. The lowest BCUT2D eigenvalue weighted by atomic mass is 10.1. The van der Waals surface area contributed by atoms with Crippen molar-refractivity contribution in [1.82, 2.24) is 20.2 Å². The van der Waals surface area contributed by atoms with E-state index < -0.39 is 22.6 Å². The first-order valence-corrected chi connectivity index (χ1v) is 7.72. The van der Waals surface area contributed by atoms with Gasteiger partial charge in [-0.15, -0.1) is 10.2 Å². The van der Waals surface area contributed by atoms with Gasteiger partial charge in [0.1, 0.15) is 6.54 Å². The van der Waals surface area contributed by atoms with E-state index in [0.29, 0.717) is 0 Å². The third kappa shape index (κ3) is 4.47. The van der Waals surface area contributed by atoms with Crippen molar-refractivity contribution in [2.75, 3.05) is 5.32 Å². The number of carbonyl (C=O) groups excluding carboxylic acids is 1. The Morgan fingerprint density at radius 3 is 2.64 bits per heavy atom. The Bertz CT molecular complexity index is 1030. The zero-order valence-electron chi connectivity index (χ0n) is 13.9. The largest absolute Gasteiger partial charge is 0.416 e. The molecule has 0 saturated heterocycles. The van der Waals surface area contributed by atoms with Gasteiger partial charge in [0.25, 0.3) is 5.69 Å². The van der Waals surface area contributed by atoms with E-state index in [4.69, 9.17) is 0 Å². The first-order valence-electron chi connectivity index (χ1n) is 7.72. The molecule has 3 rings (SSSR count). The molecule has 0 aliphatic carbocycles. The summed E-state index contributed by atoms with van der Waals surface area (Å²) in [5.74, 6) is -0.664. The second-order valence-corrected chi connectivity index (χ2v) is 5.58. The van der Waals surface area contributed by atoms with E-state index in [1.54, 1.807) is 0 Å². The summed E-state index contributed by atoms with van der Waals surface area (Å²) in [6.45, 7) is -0.380. The Morgan fingerprint density at radius 1 is 1.18 bits per heavy atom. The predicted octanol–water partition coefficient (Wildman–Crippen LogP) is 2.91. The van der Waals surface area contributed by atoms with Crippen LogP contribution in [0.3, 0.4) is 0 Å². The number of halogens is 3. The number of anilines is 1. The van der Waals surface area contributed by atoms with Gasteiger partial charge in [0.05, 0.1) is 10.5 Å². The molecule has 2 aromatic carbocycles. The van der Waals surface area contributed by atoms with E-state index in [2.05, 4.69) is 20.7 Å². The van der Waals surface area contributed by atoms with Crippen LogP contribution in [0, 0.1) is 10.1 Å². The number of hydrogen-bond donors (Lipinski definition) is 1. The number of nitrogens with one attached hydrogen (secondary N) is 1. The highest BCUT2D eigenvalue weighted by molar-refractivity contribution is 5.90. The number of benzene rings is 2. The lowest BCUT2D eigenvalue weighted by molar-refractivity contribution is -0.384. The average Bonchev–Trinajstić information content (AvgIpc) is 3.09. The highest BCUT2D eigenvalue weighted by atomic mass is 19.4. The molecule has 9 nitrogen and oxygen atoms in total. The SMILES string of the molecule is O=C(Cn1nnc(-c2cccc(C(F)(F)F)c2)n1)Nc1cccc([N+](=O)[O-])c1. The third-order valence-corrected chi connectivity index (χ3v) is 3.53. The number of tetrazole rings is 1. The minimum atomic E-state index is -4.51. The zero-order chi connectivity index (χ0) is 20.3. The number of nitro benzene ring substituents is 1. The van der Waals surface area contributed by atoms with Crippen molar-refractivity contribution in [1.29, 1.82) is 0 Å². The van der Waals surface area contributed by atoms with E-state index in [-0.39, 0.29) is 29.3 Å². The monoisotopic (exact) mass is 392 g/mol. The second-order valence-electron chi connectivity index (χ2n) is 5.58. The number of hydrogen-bond acceptors (Lipinski definition) is 6. The van der Waals surface area contributed by atoms with E-state index in [9.17, 15) is 28.1 Å². The number of nitro groups is 1. The van der Waals surface area contributed by atoms with Crippen molar-refractivity contribution < 1.29 is 22.9 Å². The number of alkyl halides is 3. The third-order valence-electron chi connectivity index (χ3n) is 3.53. The molecule has 0 atom stereocenters. The second kappa shape index (κ2) is 7.42. The van der Waals surface area contributed by atoms with Gasteiger partial charge < -0.3 is 5.32 Å². The van der Waals surface area contributed by atoms with Crippen LogP contribution in [-0.2, 0) is 17.5 Å². The fourth-order valence-electron chi connectivity index (χ4n) is 2.29. The Morgan fingerprint density at radius 2 is 1.93 bits per heavy atom. The molecule has 3 aromatic rings. The van der Waals surface area contributed by atoms with Gasteiger partial charge in [0.15, 0.2) is 0 Å². The van der Waals surface area contributed by atoms with Crippen LogP contribution in [0.1, 0.15) is 5.56 Å². The molecule has 12 heteroatoms. The first-order chi connectivity index (χ1) is 13.2. The van der Waals surface area contributed by atoms with Crippen molar-refractivity contribution in [2.24, 2.45) is 0 Å². The number of nitrogens with zero attached hydrogens (tertiary/aromatic N) is 5. The summed E-state index contributed by atoms with van der Waals surface area (Å²) in [7, 11) is 0. The van der Waals surface area contributed by atoms with E-state index in [1.807, 2.05) is 0 Å². The van der Waals surface area contributed by atoms with Crippen molar-refractivity contribution in [3.63, 3.8) is 0 Å². The summed E-state index contributed by atoms with van der Waals surface area (Å²) in [5, 5.41) is 24.4. The van der Waals surface area contributed by atoms with Gasteiger partial charge >= 0.3 is 6.18 Å². The molecular weight excluding hydrogens is 381 g/mol. The minimum Gasteiger partial charge on any atom is -0.324 e. The Balaban J connectivity index is 1.70. The van der Waals surface area contributed by atoms with Crippen LogP contribution in [0.15, 0.2) is 48.5 Å². The van der Waals surface area contributed by atoms with Crippen LogP contribution in [0.25, 0.3) is 11.4 Å². The lowest BCUT2D eigenvalue weighted by Gasteiger charge is -2.06. The normalized spacial score (nSPS) is 11.2. The molecule has 1 N–H and O–H groups in total. The molecule has 0 bridgehead atoms. The minimum absolute atomic E-state index is 0.0748. The standard InChI is InChI=1S/C16H11F3N6O3/c17-16(18,19)11-4-1-3-10(7-11)15-21-23-24(22-15)9-14(26)20-12-5-2-6-13(8-12)25(27)28/h1-8H,9H2,(H,20,26). The summed E-state index contributed by atoms with van der Waals surface area (Å²) in [4.78, 5) is 23.1. The molecule has 1 amide bonds. The van der Waals surface area contributed by atoms with Gasteiger partial charge in [-0.1, -0.05) is 18.2 Å². The quantitative estimate of drug-likeness (QED) is 0.527. The van der Waals surface area contributed by atoms with Crippen molar-refractivity contribution in [3.8, 4) is 11.4 Å². The van der Waals surface area contributed by atoms with Crippen LogP contribution >= 0.6 is 0 Å². The Hall–Kier alpha value is -3.83. The molecule has 0 radical (unpaired) electrons. The van der Waals surface area contributed by atoms with E-state index >= 15 is 0 Å². The number of non-ortho nitro benzene ring substituents is 1. The Kier molecular flexibility index (Phi) is 5.02. The van der Waals surface area contributed by atoms with Crippen LogP contribution in [0.5, 0.6) is 0 Å². The number of aromatic nitrogens is 4. The van der Waals surface area contributed by atoms with E-state index in [1.165, 1.54) is 36.4 Å². The summed E-state index contributed by atoms with van der Waals surface area (Å²) in [5.41, 5.74) is -0.745. The lowest BCUT2D eigenvalue weighted by Crippen LogP contribution is -2.20. The summed E-state index contributed by atoms with van der Waals surface area (Å²) in [6.07, 6.45) is -4.51. The number of rotatable bonds is 5. The van der Waals surface area contributed by atoms with Crippen LogP contribution in [0.2, 0.25) is 0 Å². The van der Waals surface area contributed by atoms with Crippen LogP contribution in [0.4, 0.5) is 24.5 Å². The van der Waals surface area contributed by atoms with Crippen molar-refractivity contribution in [2.45, 2.75) is 12.7 Å². The molecular formula is C16H11F3N6O3. The Labute approximate surface area is 154 Å². The average molecular weight is 392 g/mol. The maximum atomic E-state index is 12.8. The number of amides is 1. The maximum Gasteiger partial charge on any atom is 0.416 e. The highest BCUT2D eigenvalue weighted by Gasteiger charge is 2.30. The smallest absolute Gasteiger partial charge is 0.324 e. The molecule has 144 valence electrons. The summed E-state index contributed by atoms with van der Waals surface area (Å²) in [6, 6.07) is 9.73. The van der Waals surface area contributed by atoms with Gasteiger partial charge in [-0.3, -0.25) is 14.9 Å². The predicted molar refractivity (Wildman–Crippen MR) is 90.0 cm³/mol. The van der Waals surface area contributed by atoms with Crippen molar-refractivity contribution >= 4 is 17.3 Å². The topological polar surface area (TPSA) is 116 Å². The molecule has 0 saturated carbocycles. The maximum absolute atomic E-state index is 12.8. The van der Waals surface area contributed by atoms with Gasteiger partial charge in [0.2, 0.25) is 11.7 Å². The highest BCUT2D eigenvalue weighted by Crippen LogP contribution is 2.31. The molecule has 0 aliphatic rings. The van der Waals surface area contributed by atoms with Gasteiger partial charge in [0, 0.05) is 23.4 Å². The van der Waals surface area contributed by atoms with Crippen LogP contribution < -0.4 is 5.32 Å². The first kappa shape index (κ1) is 18.9. The fourth-order valence-corrected chi connectivity index (χ4v) is 2.29. The summed E-state index contributed by atoms with van der Waals surface area (Å²) < 4.78 is 38.4. The van der Waals surface area contributed by atoms with Gasteiger partial charge in [-0.2, -0.15) is 18.0 Å². The molecule has 0 spiro atoms. The molecule has 1 aromatic heterocycles. The van der Waals surface area contributed by atoms with Gasteiger partial charge in [-0.05, 0) is 23.4 Å². The molecule has 0 aliphatic heterocycles. The molecule has 0 unspecified atom stereocenters. The van der Waals surface area contributed by atoms with E-state index in [0.717, 1.165) is 16.9 Å². The molecule has 28 heavy (non-hydrogen) atoms. The molecule has 1 heterocycles. The zero-order valence-corrected chi connectivity index (χ0v) is 13.9. The van der Waals surface area contributed by atoms with Gasteiger partial charge in [-0.25, -0.2) is 0 Å². The van der Waals surface area contributed by atoms with Crippen LogP contribution in [-0.4, -0.2) is 31.0 Å². The number of carbonyl (C=O) groups is 1. The summed E-state index contributed by atoms with van der Waals surface area (Å²) >= 11 is 0. The van der Waals surface area contributed by atoms with Crippen molar-refractivity contribution in [3.05, 3.63) is 64.2 Å².